The first-order chi connectivity index (χ1) is 10.3. The Morgan fingerprint density at radius 2 is 2.00 bits per heavy atom. The predicted octanol–water partition coefficient (Wildman–Crippen LogP) is 4.16. The second-order valence-electron chi connectivity index (χ2n) is 4.35. The molecule has 0 fully saturated rings. The summed E-state index contributed by atoms with van der Waals surface area (Å²) >= 11 is 6.59. The molecular formula is C14H10ClFN2O2S2. The van der Waals surface area contributed by atoms with Crippen molar-refractivity contribution in [3.05, 3.63) is 52.8 Å². The molecule has 0 bridgehead atoms. The Morgan fingerprint density at radius 3 is 2.59 bits per heavy atom. The molecule has 4 nitrogen and oxygen atoms in total. The third-order valence-electron chi connectivity index (χ3n) is 2.79. The van der Waals surface area contributed by atoms with Crippen molar-refractivity contribution in [2.45, 2.75) is 16.7 Å². The molecule has 22 heavy (non-hydrogen) atoms. The van der Waals surface area contributed by atoms with Crippen molar-refractivity contribution >= 4 is 39.1 Å². The second-order valence-corrected chi connectivity index (χ2v) is 7.30. The highest BCUT2D eigenvalue weighted by atomic mass is 35.5. The van der Waals surface area contributed by atoms with Gasteiger partial charge in [0.1, 0.15) is 16.1 Å². The molecule has 0 radical (unpaired) electrons. The average molecular weight is 357 g/mol. The minimum absolute atomic E-state index is 0.116. The Kier molecular flexibility index (Phi) is 4.96. The van der Waals surface area contributed by atoms with Gasteiger partial charge in [-0.3, -0.25) is 4.72 Å². The molecule has 0 amide bonds. The molecule has 0 aliphatic heterocycles. The molecule has 0 aliphatic carbocycles. The van der Waals surface area contributed by atoms with Crippen LogP contribution in [0.1, 0.15) is 5.56 Å². The Morgan fingerprint density at radius 1 is 1.27 bits per heavy atom. The molecule has 0 saturated heterocycles. The molecule has 0 atom stereocenters. The summed E-state index contributed by atoms with van der Waals surface area (Å²) < 4.78 is 40.6. The van der Waals surface area contributed by atoms with Gasteiger partial charge in [-0.05, 0) is 60.6 Å². The number of nitriles is 1. The first kappa shape index (κ1) is 16.6. The van der Waals surface area contributed by atoms with Gasteiger partial charge in [-0.15, -0.1) is 0 Å². The van der Waals surface area contributed by atoms with Crippen LogP contribution in [0.4, 0.5) is 10.1 Å². The fraction of sp³-hybridized carbons (Fsp3) is 0.0714. The van der Waals surface area contributed by atoms with E-state index in [2.05, 4.69) is 4.72 Å². The van der Waals surface area contributed by atoms with E-state index in [0.29, 0.717) is 16.1 Å². The van der Waals surface area contributed by atoms with E-state index >= 15 is 0 Å². The first-order valence-electron chi connectivity index (χ1n) is 5.98. The van der Waals surface area contributed by atoms with Gasteiger partial charge in [0.15, 0.2) is 0 Å². The number of sulfonamides is 1. The molecule has 2 rings (SSSR count). The van der Waals surface area contributed by atoms with Crippen LogP contribution in [0.25, 0.3) is 0 Å². The van der Waals surface area contributed by atoms with Crippen molar-refractivity contribution in [1.82, 2.24) is 0 Å². The smallest absolute Gasteiger partial charge is 0.264 e. The van der Waals surface area contributed by atoms with Crippen LogP contribution < -0.4 is 4.72 Å². The van der Waals surface area contributed by atoms with E-state index < -0.39 is 20.7 Å². The first-order valence-corrected chi connectivity index (χ1v) is 8.66. The summed E-state index contributed by atoms with van der Waals surface area (Å²) in [5, 5.41) is 10.7. The summed E-state index contributed by atoms with van der Waals surface area (Å²) in [5.41, 5.74) is 0.940. The third-order valence-corrected chi connectivity index (χ3v) is 5.00. The quantitative estimate of drug-likeness (QED) is 0.659. The van der Waals surface area contributed by atoms with E-state index in [1.54, 1.807) is 19.1 Å². The molecule has 0 saturated carbocycles. The van der Waals surface area contributed by atoms with Gasteiger partial charge in [0.2, 0.25) is 0 Å². The summed E-state index contributed by atoms with van der Waals surface area (Å²) in [4.78, 5) is 0.215. The zero-order valence-corrected chi connectivity index (χ0v) is 13.7. The number of nitrogens with zero attached hydrogens (tertiary/aromatic N) is 1. The normalized spacial score (nSPS) is 11.0. The van der Waals surface area contributed by atoms with Crippen LogP contribution in [0.3, 0.4) is 0 Å². The molecule has 8 heteroatoms. The van der Waals surface area contributed by atoms with Crippen molar-refractivity contribution in [2.24, 2.45) is 0 Å². The summed E-state index contributed by atoms with van der Waals surface area (Å²) in [7, 11) is -4.06. The van der Waals surface area contributed by atoms with Crippen LogP contribution in [0.15, 0.2) is 46.2 Å². The van der Waals surface area contributed by atoms with E-state index in [-0.39, 0.29) is 5.02 Å². The van der Waals surface area contributed by atoms with Crippen LogP contribution >= 0.6 is 23.4 Å². The molecular weight excluding hydrogens is 347 g/mol. The summed E-state index contributed by atoms with van der Waals surface area (Å²) in [6, 6.07) is 8.16. The Labute approximate surface area is 137 Å². The lowest BCUT2D eigenvalue weighted by Gasteiger charge is -2.12. The largest absolute Gasteiger partial charge is 0.279 e. The predicted molar refractivity (Wildman–Crippen MR) is 84.9 cm³/mol. The van der Waals surface area contributed by atoms with E-state index in [0.717, 1.165) is 23.9 Å². The highest BCUT2D eigenvalue weighted by Gasteiger charge is 2.20. The Hall–Kier alpha value is -1.75. The van der Waals surface area contributed by atoms with Crippen LogP contribution in [-0.4, -0.2) is 8.42 Å². The van der Waals surface area contributed by atoms with Crippen LogP contribution in [0, 0.1) is 23.4 Å². The fourth-order valence-electron chi connectivity index (χ4n) is 1.76. The van der Waals surface area contributed by atoms with Gasteiger partial charge in [0.05, 0.1) is 5.69 Å². The monoisotopic (exact) mass is 356 g/mol. The highest BCUT2D eigenvalue weighted by molar-refractivity contribution is 8.03. The minimum Gasteiger partial charge on any atom is -0.279 e. The van der Waals surface area contributed by atoms with Gasteiger partial charge in [0.25, 0.3) is 10.0 Å². The molecule has 0 spiro atoms. The van der Waals surface area contributed by atoms with Crippen molar-refractivity contribution in [3.63, 3.8) is 0 Å². The van der Waals surface area contributed by atoms with Crippen molar-refractivity contribution in [3.8, 4) is 5.40 Å². The number of anilines is 1. The van der Waals surface area contributed by atoms with E-state index in [4.69, 9.17) is 16.9 Å². The van der Waals surface area contributed by atoms with Crippen LogP contribution in [0.2, 0.25) is 5.02 Å². The maximum atomic E-state index is 13.8. The van der Waals surface area contributed by atoms with Gasteiger partial charge in [-0.1, -0.05) is 11.6 Å². The molecule has 0 heterocycles. The molecule has 0 aromatic heterocycles. The van der Waals surface area contributed by atoms with Gasteiger partial charge in [-0.2, -0.15) is 5.26 Å². The van der Waals surface area contributed by atoms with Crippen molar-refractivity contribution in [2.75, 3.05) is 4.72 Å². The van der Waals surface area contributed by atoms with Gasteiger partial charge < -0.3 is 0 Å². The number of nitrogens with one attached hydrogen (secondary N) is 1. The van der Waals surface area contributed by atoms with Crippen LogP contribution in [-0.2, 0) is 10.0 Å². The zero-order chi connectivity index (χ0) is 16.3. The highest BCUT2D eigenvalue weighted by Crippen LogP contribution is 2.26. The van der Waals surface area contributed by atoms with E-state index in [9.17, 15) is 12.8 Å². The number of benzene rings is 2. The maximum absolute atomic E-state index is 13.8. The summed E-state index contributed by atoms with van der Waals surface area (Å²) in [6.07, 6.45) is 0. The standard InChI is InChI=1S/C14H10ClFN2O2S2/c1-9-6-11(21-8-17)3-4-13(9)18-22(19,20)14-5-2-10(15)7-12(14)16/h2-7,18H,1H3. The second kappa shape index (κ2) is 6.57. The number of hydrogen-bond acceptors (Lipinski definition) is 4. The Balaban J connectivity index is 2.35. The van der Waals surface area contributed by atoms with Crippen molar-refractivity contribution in [1.29, 1.82) is 5.26 Å². The van der Waals surface area contributed by atoms with E-state index in [1.165, 1.54) is 12.1 Å². The minimum atomic E-state index is -4.06. The summed E-state index contributed by atoms with van der Waals surface area (Å²) in [5.74, 6) is -0.922. The fourth-order valence-corrected chi connectivity index (χ4v) is 3.59. The number of aryl methyl sites for hydroxylation is 1. The lowest BCUT2D eigenvalue weighted by atomic mass is 10.2. The molecule has 2 aromatic rings. The van der Waals surface area contributed by atoms with Crippen molar-refractivity contribution < 1.29 is 12.8 Å². The average Bonchev–Trinajstić information content (AvgIpc) is 2.41. The topological polar surface area (TPSA) is 70.0 Å². The molecule has 2 aromatic carbocycles. The van der Waals surface area contributed by atoms with Crippen LogP contribution in [0.5, 0.6) is 0 Å². The number of halogens is 2. The number of thioether (sulfide) groups is 1. The summed E-state index contributed by atoms with van der Waals surface area (Å²) in [6.45, 7) is 1.69. The molecule has 0 aliphatic rings. The van der Waals surface area contributed by atoms with Gasteiger partial charge in [0, 0.05) is 9.92 Å². The third kappa shape index (κ3) is 3.71. The lowest BCUT2D eigenvalue weighted by Crippen LogP contribution is -2.15. The van der Waals surface area contributed by atoms with Gasteiger partial charge in [-0.25, -0.2) is 12.8 Å². The number of hydrogen-bond donors (Lipinski definition) is 1. The lowest BCUT2D eigenvalue weighted by molar-refractivity contribution is 0.570. The van der Waals surface area contributed by atoms with E-state index in [1.807, 2.05) is 5.40 Å². The Bertz CT molecular complexity index is 864. The zero-order valence-electron chi connectivity index (χ0n) is 11.3. The number of rotatable bonds is 4. The SMILES string of the molecule is Cc1cc(SC#N)ccc1NS(=O)(=O)c1ccc(Cl)cc1F. The number of thiocyanates is 1. The molecule has 114 valence electrons. The molecule has 1 N–H and O–H groups in total. The van der Waals surface area contributed by atoms with Gasteiger partial charge >= 0.3 is 0 Å². The maximum Gasteiger partial charge on any atom is 0.264 e. The molecule has 0 unspecified atom stereocenters.